The second kappa shape index (κ2) is 8.38. The van der Waals surface area contributed by atoms with E-state index in [1.807, 2.05) is 36.0 Å². The first-order chi connectivity index (χ1) is 13.9. The van der Waals surface area contributed by atoms with Crippen LogP contribution in [-0.4, -0.2) is 35.5 Å². The summed E-state index contributed by atoms with van der Waals surface area (Å²) in [6.07, 6.45) is 5.70. The number of carbonyl (C=O) groups excluding carboxylic acids is 1. The van der Waals surface area contributed by atoms with Gasteiger partial charge in [0.15, 0.2) is 0 Å². The predicted octanol–water partition coefficient (Wildman–Crippen LogP) is 4.93. The molecule has 1 fully saturated rings. The summed E-state index contributed by atoms with van der Waals surface area (Å²) in [5.74, 6) is 0.805. The Morgan fingerprint density at radius 3 is 2.55 bits per heavy atom. The molecule has 0 spiro atoms. The van der Waals surface area contributed by atoms with Gasteiger partial charge in [0.05, 0.1) is 27.2 Å². The molecule has 4 rings (SSSR count). The van der Waals surface area contributed by atoms with Gasteiger partial charge in [-0.25, -0.2) is 5.43 Å². The Hall–Kier alpha value is -1.40. The van der Waals surface area contributed by atoms with Gasteiger partial charge in [-0.1, -0.05) is 60.1 Å². The van der Waals surface area contributed by atoms with Crippen molar-refractivity contribution in [1.82, 2.24) is 20.7 Å². The molecule has 156 valence electrons. The lowest BCUT2D eigenvalue weighted by atomic mass is 9.91. The third-order valence-electron chi connectivity index (χ3n) is 6.08. The molecule has 0 aromatic heterocycles. The molecule has 2 heterocycles. The van der Waals surface area contributed by atoms with Crippen molar-refractivity contribution in [2.45, 2.75) is 51.1 Å². The maximum absolute atomic E-state index is 13.7. The van der Waals surface area contributed by atoms with Gasteiger partial charge in [-0.05, 0) is 37.5 Å². The summed E-state index contributed by atoms with van der Waals surface area (Å²) in [5.41, 5.74) is 5.69. The molecule has 1 amide bonds. The molecule has 1 aromatic carbocycles. The number of nitrogens with zero attached hydrogens (tertiary/aromatic N) is 2. The molecule has 0 saturated heterocycles. The fourth-order valence-electron chi connectivity index (χ4n) is 4.48. The Labute approximate surface area is 186 Å². The molecule has 1 atom stereocenters. The van der Waals surface area contributed by atoms with Crippen molar-refractivity contribution in [2.24, 2.45) is 0 Å². The molecule has 1 aromatic rings. The maximum atomic E-state index is 13.7. The zero-order valence-corrected chi connectivity index (χ0v) is 18.8. The molecule has 5 nitrogen and oxygen atoms in total. The molecule has 1 saturated carbocycles. The Morgan fingerprint density at radius 1 is 1.14 bits per heavy atom. The smallest absolute Gasteiger partial charge is 0.254 e. The number of amides is 1. The van der Waals surface area contributed by atoms with E-state index >= 15 is 0 Å². The summed E-state index contributed by atoms with van der Waals surface area (Å²) in [7, 11) is 1.92. The summed E-state index contributed by atoms with van der Waals surface area (Å²) in [4.78, 5) is 15.6. The zero-order chi connectivity index (χ0) is 20.7. The van der Waals surface area contributed by atoms with Crippen LogP contribution in [0.15, 0.2) is 40.3 Å². The highest BCUT2D eigenvalue weighted by molar-refractivity contribution is 6.42. The third kappa shape index (κ3) is 3.86. The minimum Gasteiger partial charge on any atom is -0.343 e. The van der Waals surface area contributed by atoms with Gasteiger partial charge in [-0.2, -0.15) is 0 Å². The van der Waals surface area contributed by atoms with Crippen LogP contribution in [0.2, 0.25) is 10.0 Å². The molecule has 8 heteroatoms. The van der Waals surface area contributed by atoms with Crippen LogP contribution in [0.4, 0.5) is 0 Å². The molecule has 29 heavy (non-hydrogen) atoms. The summed E-state index contributed by atoms with van der Waals surface area (Å²) in [6, 6.07) is 5.43. The Balaban J connectivity index is 1.76. The minimum absolute atomic E-state index is 0.0295. The lowest BCUT2D eigenvalue weighted by molar-refractivity contribution is -0.129. The molecule has 0 radical (unpaired) electrons. The Bertz CT molecular complexity index is 892. The Kier molecular flexibility index (Phi) is 6.03. The van der Waals surface area contributed by atoms with Gasteiger partial charge in [-0.15, -0.1) is 0 Å². The molecular weight excluding hydrogens is 431 g/mol. The van der Waals surface area contributed by atoms with Gasteiger partial charge in [-0.3, -0.25) is 9.80 Å². The lowest BCUT2D eigenvalue weighted by Crippen LogP contribution is -2.49. The summed E-state index contributed by atoms with van der Waals surface area (Å²) in [6.45, 7) is 2.44. The van der Waals surface area contributed by atoms with Crippen LogP contribution >= 0.6 is 34.8 Å². The lowest BCUT2D eigenvalue weighted by Gasteiger charge is -2.41. The van der Waals surface area contributed by atoms with Crippen LogP contribution in [-0.2, 0) is 4.79 Å². The summed E-state index contributed by atoms with van der Waals surface area (Å²) in [5, 5.41) is 6.88. The van der Waals surface area contributed by atoms with E-state index in [0.29, 0.717) is 27.2 Å². The molecule has 1 unspecified atom stereocenters. The number of benzene rings is 1. The van der Waals surface area contributed by atoms with E-state index in [4.69, 9.17) is 34.8 Å². The van der Waals surface area contributed by atoms with Gasteiger partial charge in [0, 0.05) is 18.8 Å². The van der Waals surface area contributed by atoms with Gasteiger partial charge >= 0.3 is 0 Å². The first-order valence-electron chi connectivity index (χ1n) is 9.99. The van der Waals surface area contributed by atoms with E-state index in [1.54, 1.807) is 6.07 Å². The van der Waals surface area contributed by atoms with Crippen molar-refractivity contribution in [1.29, 1.82) is 0 Å². The van der Waals surface area contributed by atoms with E-state index in [-0.39, 0.29) is 18.0 Å². The number of likely N-dealkylation sites (N-methyl/N-ethyl adjacent to an activating group) is 1. The monoisotopic (exact) mass is 454 g/mol. The second-order valence-corrected chi connectivity index (χ2v) is 9.18. The van der Waals surface area contributed by atoms with Crippen molar-refractivity contribution >= 4 is 40.7 Å². The van der Waals surface area contributed by atoms with E-state index in [2.05, 4.69) is 10.7 Å². The van der Waals surface area contributed by atoms with Gasteiger partial charge in [0.2, 0.25) is 0 Å². The highest BCUT2D eigenvalue weighted by Gasteiger charge is 2.41. The number of hydrogen-bond acceptors (Lipinski definition) is 4. The highest BCUT2D eigenvalue weighted by atomic mass is 35.5. The summed E-state index contributed by atoms with van der Waals surface area (Å²) >= 11 is 18.9. The Morgan fingerprint density at radius 2 is 1.86 bits per heavy atom. The predicted molar refractivity (Wildman–Crippen MR) is 117 cm³/mol. The maximum Gasteiger partial charge on any atom is 0.254 e. The van der Waals surface area contributed by atoms with Crippen LogP contribution in [0.1, 0.15) is 50.6 Å². The molecule has 1 aliphatic carbocycles. The quantitative estimate of drug-likeness (QED) is 0.678. The van der Waals surface area contributed by atoms with Crippen LogP contribution in [0.3, 0.4) is 0 Å². The van der Waals surface area contributed by atoms with Crippen molar-refractivity contribution in [3.8, 4) is 0 Å². The SMILES string of the molecule is CC1=C(C(=O)N(C)C2CCCCC2)C(c2ccc(Cl)c(Cl)c2)N2NCC(Cl)=C2N1. The van der Waals surface area contributed by atoms with Crippen LogP contribution < -0.4 is 10.7 Å². The molecule has 0 bridgehead atoms. The van der Waals surface area contributed by atoms with Crippen LogP contribution in [0.25, 0.3) is 0 Å². The fraction of sp³-hybridized carbons (Fsp3) is 0.476. The number of hydrazine groups is 1. The second-order valence-electron chi connectivity index (χ2n) is 7.91. The number of allylic oxidation sites excluding steroid dienone is 1. The topological polar surface area (TPSA) is 47.6 Å². The highest BCUT2D eigenvalue weighted by Crippen LogP contribution is 2.41. The number of rotatable bonds is 3. The number of carbonyl (C=O) groups is 1. The van der Waals surface area contributed by atoms with Gasteiger partial charge in [0.1, 0.15) is 11.9 Å². The largest absolute Gasteiger partial charge is 0.343 e. The molecule has 2 N–H and O–H groups in total. The zero-order valence-electron chi connectivity index (χ0n) is 16.6. The van der Waals surface area contributed by atoms with Crippen molar-refractivity contribution in [3.63, 3.8) is 0 Å². The van der Waals surface area contributed by atoms with Crippen LogP contribution in [0, 0.1) is 0 Å². The van der Waals surface area contributed by atoms with Gasteiger partial charge in [0.25, 0.3) is 5.91 Å². The molecule has 3 aliphatic rings. The minimum atomic E-state index is -0.351. The molecular formula is C21H25Cl3N4O. The van der Waals surface area contributed by atoms with Crippen molar-refractivity contribution < 1.29 is 4.79 Å². The van der Waals surface area contributed by atoms with E-state index in [9.17, 15) is 4.79 Å². The first-order valence-corrected chi connectivity index (χ1v) is 11.1. The number of nitrogens with one attached hydrogen (secondary N) is 2. The number of halogens is 3. The molecule has 2 aliphatic heterocycles. The number of hydrogen-bond donors (Lipinski definition) is 2. The van der Waals surface area contributed by atoms with E-state index in [0.717, 1.165) is 29.9 Å². The van der Waals surface area contributed by atoms with E-state index < -0.39 is 0 Å². The average Bonchev–Trinajstić information content (AvgIpc) is 3.09. The van der Waals surface area contributed by atoms with E-state index in [1.165, 1.54) is 19.3 Å². The van der Waals surface area contributed by atoms with Crippen molar-refractivity contribution in [2.75, 3.05) is 13.6 Å². The third-order valence-corrected chi connectivity index (χ3v) is 7.13. The summed E-state index contributed by atoms with van der Waals surface area (Å²) < 4.78 is 0. The number of fused-ring (bicyclic) bond motifs is 1. The fourth-order valence-corrected chi connectivity index (χ4v) is 4.98. The average molecular weight is 456 g/mol. The standard InChI is InChI=1S/C21H25Cl3N4O/c1-12-18(21(29)27(2)14-6-4-3-5-7-14)19(13-8-9-15(22)16(23)10-13)28-20(26-12)17(24)11-25-28/h8-10,14,19,25-26H,3-7,11H2,1-2H3. The first kappa shape index (κ1) is 20.9. The van der Waals surface area contributed by atoms with Crippen LogP contribution in [0.5, 0.6) is 0 Å². The van der Waals surface area contributed by atoms with Gasteiger partial charge < -0.3 is 10.2 Å². The normalized spacial score (nSPS) is 22.7. The van der Waals surface area contributed by atoms with Crippen molar-refractivity contribution in [3.05, 3.63) is 55.9 Å².